The Kier molecular flexibility index (Phi) is 6.61. The van der Waals surface area contributed by atoms with Crippen LogP contribution in [-0.4, -0.2) is 5.91 Å². The van der Waals surface area contributed by atoms with E-state index in [-0.39, 0.29) is 11.9 Å². The molecule has 3 rings (SSSR count). The van der Waals surface area contributed by atoms with Crippen molar-refractivity contribution in [2.75, 3.05) is 0 Å². The number of halogens is 2. The number of carbonyl (C=O) groups is 1. The lowest BCUT2D eigenvalue weighted by molar-refractivity contribution is -0.121. The first-order valence-corrected chi connectivity index (χ1v) is 10.2. The maximum absolute atomic E-state index is 12.5. The second-order valence-electron chi connectivity index (χ2n) is 6.96. The minimum Gasteiger partial charge on any atom is -0.349 e. The molecule has 2 aromatic carbocycles. The molecule has 138 valence electrons. The Bertz CT molecular complexity index is 767. The van der Waals surface area contributed by atoms with Crippen molar-refractivity contribution in [3.05, 3.63) is 68.7 Å². The quantitative estimate of drug-likeness (QED) is 0.637. The Morgan fingerprint density at radius 2 is 1.77 bits per heavy atom. The minimum atomic E-state index is 0.0329. The van der Waals surface area contributed by atoms with Crippen LogP contribution in [0.5, 0.6) is 0 Å². The van der Waals surface area contributed by atoms with Crippen LogP contribution < -0.4 is 5.32 Å². The summed E-state index contributed by atoms with van der Waals surface area (Å²) in [6.45, 7) is 2.11. The molecular weight excluding hydrogens is 365 g/mol. The van der Waals surface area contributed by atoms with E-state index in [4.69, 9.17) is 23.2 Å². The fourth-order valence-electron chi connectivity index (χ4n) is 3.67. The van der Waals surface area contributed by atoms with E-state index in [1.54, 1.807) is 0 Å². The van der Waals surface area contributed by atoms with Crippen LogP contribution in [0.1, 0.15) is 60.9 Å². The highest BCUT2D eigenvalue weighted by Gasteiger charge is 2.17. The predicted molar refractivity (Wildman–Crippen MR) is 109 cm³/mol. The molecular formula is C22H25Cl2NO. The number of hydrogen-bond acceptors (Lipinski definition) is 1. The molecule has 0 saturated carbocycles. The van der Waals surface area contributed by atoms with Gasteiger partial charge in [-0.1, -0.05) is 54.4 Å². The summed E-state index contributed by atoms with van der Waals surface area (Å²) in [7, 11) is 0. The molecule has 1 aliphatic rings. The second-order valence-corrected chi connectivity index (χ2v) is 7.78. The van der Waals surface area contributed by atoms with Crippen molar-refractivity contribution in [2.24, 2.45) is 0 Å². The third kappa shape index (κ3) is 4.61. The number of aryl methyl sites for hydroxylation is 2. The summed E-state index contributed by atoms with van der Waals surface area (Å²) in [4.78, 5) is 12.5. The van der Waals surface area contributed by atoms with E-state index in [1.165, 1.54) is 36.0 Å². The van der Waals surface area contributed by atoms with E-state index in [2.05, 4.69) is 30.4 Å². The number of nitrogens with one attached hydrogen (secondary N) is 1. The van der Waals surface area contributed by atoms with E-state index in [0.29, 0.717) is 22.9 Å². The Labute approximate surface area is 165 Å². The molecule has 0 heterocycles. The van der Waals surface area contributed by atoms with Crippen molar-refractivity contribution in [3.8, 4) is 0 Å². The molecule has 4 heteroatoms. The van der Waals surface area contributed by atoms with Gasteiger partial charge in [0.25, 0.3) is 0 Å². The molecule has 0 bridgehead atoms. The van der Waals surface area contributed by atoms with Crippen LogP contribution in [0.2, 0.25) is 10.0 Å². The van der Waals surface area contributed by atoms with E-state index >= 15 is 0 Å². The van der Waals surface area contributed by atoms with Crippen LogP contribution in [0.15, 0.2) is 36.4 Å². The van der Waals surface area contributed by atoms with Gasteiger partial charge >= 0.3 is 0 Å². The average Bonchev–Trinajstić information content (AvgIpc) is 2.65. The number of rotatable bonds is 6. The first-order valence-electron chi connectivity index (χ1n) is 9.42. The number of amides is 1. The molecule has 2 nitrogen and oxygen atoms in total. The minimum absolute atomic E-state index is 0.0329. The van der Waals surface area contributed by atoms with Crippen LogP contribution in [0.4, 0.5) is 0 Å². The van der Waals surface area contributed by atoms with Gasteiger partial charge < -0.3 is 5.32 Å². The number of fused-ring (bicyclic) bond motifs is 1. The van der Waals surface area contributed by atoms with Gasteiger partial charge in [0.15, 0.2) is 0 Å². The van der Waals surface area contributed by atoms with E-state index in [1.807, 2.05) is 18.2 Å². The molecule has 2 aromatic rings. The zero-order valence-electron chi connectivity index (χ0n) is 15.2. The van der Waals surface area contributed by atoms with Crippen LogP contribution in [0.25, 0.3) is 0 Å². The fourth-order valence-corrected chi connectivity index (χ4v) is 4.25. The summed E-state index contributed by atoms with van der Waals surface area (Å²) < 4.78 is 0. The zero-order chi connectivity index (χ0) is 18.5. The van der Waals surface area contributed by atoms with Crippen LogP contribution in [-0.2, 0) is 24.1 Å². The van der Waals surface area contributed by atoms with Crippen molar-refractivity contribution in [3.63, 3.8) is 0 Å². The first-order chi connectivity index (χ1) is 12.6. The summed E-state index contributed by atoms with van der Waals surface area (Å²) in [6.07, 6.45) is 6.67. The maximum atomic E-state index is 12.5. The lowest BCUT2D eigenvalue weighted by Gasteiger charge is -2.22. The van der Waals surface area contributed by atoms with Crippen LogP contribution in [0, 0.1) is 0 Å². The number of carbonyl (C=O) groups excluding carboxylic acids is 1. The van der Waals surface area contributed by atoms with E-state index in [0.717, 1.165) is 18.4 Å². The molecule has 0 spiro atoms. The molecule has 0 radical (unpaired) electrons. The van der Waals surface area contributed by atoms with Gasteiger partial charge in [-0.2, -0.15) is 0 Å². The van der Waals surface area contributed by atoms with Crippen molar-refractivity contribution in [2.45, 2.75) is 57.9 Å². The maximum Gasteiger partial charge on any atom is 0.220 e. The summed E-state index contributed by atoms with van der Waals surface area (Å²) >= 11 is 12.4. The van der Waals surface area contributed by atoms with Gasteiger partial charge in [0, 0.05) is 16.5 Å². The molecule has 0 aliphatic heterocycles. The predicted octanol–water partition coefficient (Wildman–Crippen LogP) is 6.07. The van der Waals surface area contributed by atoms with Gasteiger partial charge in [-0.15, -0.1) is 0 Å². The molecule has 1 amide bonds. The molecule has 26 heavy (non-hydrogen) atoms. The normalized spacial score (nSPS) is 14.6. The summed E-state index contributed by atoms with van der Waals surface area (Å²) in [5.74, 6) is 0.0329. The smallest absolute Gasteiger partial charge is 0.220 e. The summed E-state index contributed by atoms with van der Waals surface area (Å²) in [5.41, 5.74) is 4.96. The fraction of sp³-hybridized carbons (Fsp3) is 0.409. The molecule has 1 atom stereocenters. The van der Waals surface area contributed by atoms with Gasteiger partial charge in [-0.25, -0.2) is 0 Å². The first kappa shape index (κ1) is 19.3. The lowest BCUT2D eigenvalue weighted by Crippen LogP contribution is -2.28. The zero-order valence-corrected chi connectivity index (χ0v) is 16.7. The average molecular weight is 390 g/mol. The van der Waals surface area contributed by atoms with Gasteiger partial charge in [0.05, 0.1) is 6.04 Å². The Morgan fingerprint density at radius 1 is 1.08 bits per heavy atom. The lowest BCUT2D eigenvalue weighted by atomic mass is 9.89. The molecule has 0 saturated heterocycles. The topological polar surface area (TPSA) is 29.1 Å². The number of hydrogen-bond donors (Lipinski definition) is 1. The van der Waals surface area contributed by atoms with Crippen molar-refractivity contribution in [1.29, 1.82) is 0 Å². The highest BCUT2D eigenvalue weighted by Crippen LogP contribution is 2.27. The molecule has 1 aliphatic carbocycles. The van der Waals surface area contributed by atoms with E-state index in [9.17, 15) is 4.79 Å². The third-order valence-corrected chi connectivity index (χ3v) is 5.89. The van der Waals surface area contributed by atoms with Crippen LogP contribution >= 0.6 is 23.2 Å². The monoisotopic (exact) mass is 389 g/mol. The molecule has 1 N–H and O–H groups in total. The van der Waals surface area contributed by atoms with Crippen molar-refractivity contribution >= 4 is 29.1 Å². The second kappa shape index (κ2) is 8.92. The Balaban J connectivity index is 1.63. The largest absolute Gasteiger partial charge is 0.349 e. The summed E-state index contributed by atoms with van der Waals surface area (Å²) in [6, 6.07) is 12.2. The van der Waals surface area contributed by atoms with Crippen molar-refractivity contribution < 1.29 is 4.79 Å². The van der Waals surface area contributed by atoms with E-state index < -0.39 is 0 Å². The Morgan fingerprint density at radius 3 is 2.46 bits per heavy atom. The molecule has 1 unspecified atom stereocenters. The van der Waals surface area contributed by atoms with Gasteiger partial charge in [0.1, 0.15) is 0 Å². The summed E-state index contributed by atoms with van der Waals surface area (Å²) in [5, 5.41) is 4.41. The SMILES string of the molecule is CCC(NC(=O)CCc1c(Cl)cccc1Cl)c1ccc2c(c1)CCCC2. The van der Waals surface area contributed by atoms with Gasteiger partial charge in [0.2, 0.25) is 5.91 Å². The van der Waals surface area contributed by atoms with Crippen molar-refractivity contribution in [1.82, 2.24) is 5.32 Å². The number of benzene rings is 2. The molecule has 0 aromatic heterocycles. The highest BCUT2D eigenvalue weighted by atomic mass is 35.5. The Hall–Kier alpha value is -1.51. The standard InChI is InChI=1S/C22H25Cl2NO/c1-2-21(17-11-10-15-6-3-4-7-16(15)14-17)25-22(26)13-12-18-19(23)8-5-9-20(18)24/h5,8-11,14,21H,2-4,6-7,12-13H2,1H3,(H,25,26). The highest BCUT2D eigenvalue weighted by molar-refractivity contribution is 6.36. The third-order valence-electron chi connectivity index (χ3n) is 5.18. The van der Waals surface area contributed by atoms with Gasteiger partial charge in [-0.05, 0) is 72.9 Å². The van der Waals surface area contributed by atoms with Crippen LogP contribution in [0.3, 0.4) is 0 Å². The molecule has 0 fully saturated rings. The van der Waals surface area contributed by atoms with Gasteiger partial charge in [-0.3, -0.25) is 4.79 Å².